The first-order valence-electron chi connectivity index (χ1n) is 7.09. The van der Waals surface area contributed by atoms with Gasteiger partial charge >= 0.3 is 0 Å². The number of amides is 2. The molecule has 0 saturated carbocycles. The molecule has 0 aromatic heterocycles. The smallest absolute Gasteiger partial charge is 0.276 e. The second kappa shape index (κ2) is 10.0. The molecule has 2 aromatic carbocycles. The number of benzene rings is 2. The molecule has 0 radical (unpaired) electrons. The summed E-state index contributed by atoms with van der Waals surface area (Å²) in [5, 5.41) is 2.43. The van der Waals surface area contributed by atoms with Crippen LogP contribution in [0, 0.1) is 0 Å². The van der Waals surface area contributed by atoms with E-state index in [1.165, 1.54) is 0 Å². The Hall–Kier alpha value is -1.49. The van der Waals surface area contributed by atoms with Crippen LogP contribution in [0.3, 0.4) is 0 Å². The van der Waals surface area contributed by atoms with Crippen LogP contribution in [-0.4, -0.2) is 23.5 Å². The average molecular weight is 566 g/mol. The van der Waals surface area contributed by atoms with Crippen LogP contribution in [0.15, 0.2) is 55.9 Å². The summed E-state index contributed by atoms with van der Waals surface area (Å²) >= 11 is 14.9. The number of ether oxygens (including phenoxy) is 1. The van der Waals surface area contributed by atoms with Crippen LogP contribution in [0.1, 0.15) is 10.4 Å². The lowest BCUT2D eigenvalue weighted by atomic mass is 10.2. The molecule has 0 atom stereocenters. The highest BCUT2D eigenvalue weighted by atomic mass is 79.9. The Kier molecular flexibility index (Phi) is 8.01. The van der Waals surface area contributed by atoms with Crippen LogP contribution in [-0.2, 0) is 4.79 Å². The molecule has 3 N–H and O–H groups in total. The molecule has 0 aliphatic carbocycles. The molecule has 0 aliphatic heterocycles. The van der Waals surface area contributed by atoms with Crippen molar-refractivity contribution in [1.29, 1.82) is 0 Å². The molecular formula is C16H12Br3N3O3S. The van der Waals surface area contributed by atoms with E-state index in [1.807, 2.05) is 0 Å². The molecule has 2 aromatic rings. The zero-order valence-corrected chi connectivity index (χ0v) is 18.6. The Labute approximate surface area is 180 Å². The molecule has 2 amide bonds. The maximum atomic E-state index is 12.1. The van der Waals surface area contributed by atoms with Crippen LogP contribution < -0.4 is 20.9 Å². The lowest BCUT2D eigenvalue weighted by molar-refractivity contribution is -0.123. The molecule has 26 heavy (non-hydrogen) atoms. The summed E-state index contributed by atoms with van der Waals surface area (Å²) in [6, 6.07) is 12.2. The quantitative estimate of drug-likeness (QED) is 0.389. The summed E-state index contributed by atoms with van der Waals surface area (Å²) in [5.41, 5.74) is 5.22. The largest absolute Gasteiger partial charge is 0.483 e. The third-order valence-corrected chi connectivity index (χ3v) is 4.92. The molecule has 0 heterocycles. The van der Waals surface area contributed by atoms with E-state index in [1.54, 1.807) is 42.5 Å². The van der Waals surface area contributed by atoms with E-state index in [0.717, 1.165) is 4.47 Å². The Morgan fingerprint density at radius 2 is 1.73 bits per heavy atom. The summed E-state index contributed by atoms with van der Waals surface area (Å²) in [6.07, 6.45) is 0. The summed E-state index contributed by atoms with van der Waals surface area (Å²) in [4.78, 5) is 23.9. The van der Waals surface area contributed by atoms with Crippen LogP contribution >= 0.6 is 60.0 Å². The summed E-state index contributed by atoms with van der Waals surface area (Å²) in [6.45, 7) is -0.228. The van der Waals surface area contributed by atoms with Crippen molar-refractivity contribution in [3.63, 3.8) is 0 Å². The average Bonchev–Trinajstić information content (AvgIpc) is 2.59. The highest BCUT2D eigenvalue weighted by Gasteiger charge is 2.11. The Morgan fingerprint density at radius 3 is 2.42 bits per heavy atom. The van der Waals surface area contributed by atoms with Crippen LogP contribution in [0.25, 0.3) is 0 Å². The van der Waals surface area contributed by atoms with Gasteiger partial charge in [-0.05, 0) is 74.4 Å². The summed E-state index contributed by atoms with van der Waals surface area (Å²) < 4.78 is 7.63. The van der Waals surface area contributed by atoms with Gasteiger partial charge in [-0.25, -0.2) is 0 Å². The number of nitrogens with one attached hydrogen (secondary N) is 3. The predicted molar refractivity (Wildman–Crippen MR) is 113 cm³/mol. The van der Waals surface area contributed by atoms with Crippen molar-refractivity contribution in [2.75, 3.05) is 6.61 Å². The van der Waals surface area contributed by atoms with Crippen molar-refractivity contribution < 1.29 is 14.3 Å². The van der Waals surface area contributed by atoms with Crippen molar-refractivity contribution >= 4 is 76.9 Å². The third-order valence-electron chi connectivity index (χ3n) is 2.91. The monoisotopic (exact) mass is 563 g/mol. The molecule has 136 valence electrons. The van der Waals surface area contributed by atoms with E-state index in [-0.39, 0.29) is 11.7 Å². The maximum Gasteiger partial charge on any atom is 0.276 e. The van der Waals surface area contributed by atoms with E-state index in [2.05, 4.69) is 64.0 Å². The normalized spacial score (nSPS) is 9.96. The first-order valence-corrected chi connectivity index (χ1v) is 9.88. The van der Waals surface area contributed by atoms with E-state index in [4.69, 9.17) is 17.0 Å². The molecule has 0 saturated heterocycles. The predicted octanol–water partition coefficient (Wildman–Crippen LogP) is 3.69. The highest BCUT2D eigenvalue weighted by molar-refractivity contribution is 9.11. The fourth-order valence-corrected chi connectivity index (χ4v) is 3.52. The number of rotatable bonds is 4. The van der Waals surface area contributed by atoms with Gasteiger partial charge in [0.2, 0.25) is 0 Å². The van der Waals surface area contributed by atoms with E-state index in [0.29, 0.717) is 20.3 Å². The van der Waals surface area contributed by atoms with Gasteiger partial charge in [-0.1, -0.05) is 28.1 Å². The van der Waals surface area contributed by atoms with Gasteiger partial charge in [0.25, 0.3) is 11.8 Å². The van der Waals surface area contributed by atoms with Crippen molar-refractivity contribution in [3.05, 3.63) is 61.4 Å². The SMILES string of the molecule is O=C(COc1ccc(Br)cc1Br)NNC(=S)NC(=O)c1ccccc1Br. The second-order valence-corrected chi connectivity index (χ2v) is 7.83. The lowest BCUT2D eigenvalue weighted by Crippen LogP contribution is -2.49. The summed E-state index contributed by atoms with van der Waals surface area (Å²) in [5.74, 6) is -0.343. The van der Waals surface area contributed by atoms with E-state index < -0.39 is 11.8 Å². The fourth-order valence-electron chi connectivity index (χ4n) is 1.75. The molecule has 0 fully saturated rings. The molecular weight excluding hydrogens is 554 g/mol. The van der Waals surface area contributed by atoms with Gasteiger partial charge in [-0.3, -0.25) is 25.8 Å². The Balaban J connectivity index is 1.77. The molecule has 2 rings (SSSR count). The zero-order valence-electron chi connectivity index (χ0n) is 13.0. The second-order valence-electron chi connectivity index (χ2n) is 4.80. The first kappa shape index (κ1) is 20.8. The molecule has 0 aliphatic rings. The van der Waals surface area contributed by atoms with Crippen LogP contribution in [0.2, 0.25) is 0 Å². The summed E-state index contributed by atoms with van der Waals surface area (Å²) in [7, 11) is 0. The van der Waals surface area contributed by atoms with Crippen molar-refractivity contribution in [1.82, 2.24) is 16.2 Å². The number of hydrazine groups is 1. The van der Waals surface area contributed by atoms with Gasteiger partial charge in [0, 0.05) is 8.95 Å². The van der Waals surface area contributed by atoms with Crippen molar-refractivity contribution in [2.45, 2.75) is 0 Å². The van der Waals surface area contributed by atoms with Gasteiger partial charge in [0.1, 0.15) is 5.75 Å². The molecule has 10 heteroatoms. The zero-order chi connectivity index (χ0) is 19.1. The van der Waals surface area contributed by atoms with Crippen LogP contribution in [0.4, 0.5) is 0 Å². The molecule has 6 nitrogen and oxygen atoms in total. The lowest BCUT2D eigenvalue weighted by Gasteiger charge is -2.12. The third kappa shape index (κ3) is 6.35. The molecule has 0 unspecified atom stereocenters. The maximum absolute atomic E-state index is 12.1. The van der Waals surface area contributed by atoms with Gasteiger partial charge < -0.3 is 4.74 Å². The number of hydrogen-bond donors (Lipinski definition) is 3. The number of carbonyl (C=O) groups excluding carboxylic acids is 2. The number of halogens is 3. The Bertz CT molecular complexity index is 848. The van der Waals surface area contributed by atoms with Crippen molar-refractivity contribution in [2.24, 2.45) is 0 Å². The number of hydrogen-bond acceptors (Lipinski definition) is 4. The minimum Gasteiger partial charge on any atom is -0.483 e. The van der Waals surface area contributed by atoms with E-state index in [9.17, 15) is 9.59 Å². The Morgan fingerprint density at radius 1 is 1.00 bits per heavy atom. The van der Waals surface area contributed by atoms with Crippen molar-refractivity contribution in [3.8, 4) is 5.75 Å². The molecule has 0 spiro atoms. The highest BCUT2D eigenvalue weighted by Crippen LogP contribution is 2.28. The first-order chi connectivity index (χ1) is 12.4. The minimum absolute atomic E-state index is 0.0380. The van der Waals surface area contributed by atoms with Gasteiger partial charge in [-0.2, -0.15) is 0 Å². The van der Waals surface area contributed by atoms with Gasteiger partial charge in [0.05, 0.1) is 10.0 Å². The molecule has 0 bridgehead atoms. The number of thiocarbonyl (C=S) groups is 1. The standard InChI is InChI=1S/C16H12Br3N3O3S/c17-9-5-6-13(12(19)7-9)25-8-14(23)21-22-16(26)20-15(24)10-3-1-2-4-11(10)18/h1-7H,8H2,(H,21,23)(H2,20,22,24,26). The minimum atomic E-state index is -0.461. The fraction of sp³-hybridized carbons (Fsp3) is 0.0625. The van der Waals surface area contributed by atoms with Crippen LogP contribution in [0.5, 0.6) is 5.75 Å². The van der Waals surface area contributed by atoms with E-state index >= 15 is 0 Å². The number of carbonyl (C=O) groups is 2. The van der Waals surface area contributed by atoms with Gasteiger partial charge in [-0.15, -0.1) is 0 Å². The topological polar surface area (TPSA) is 79.5 Å². The van der Waals surface area contributed by atoms with Gasteiger partial charge in [0.15, 0.2) is 11.7 Å².